The zero-order valence-corrected chi connectivity index (χ0v) is 14.3. The molecule has 0 aliphatic heterocycles. The molecule has 1 heterocycles. The highest BCUT2D eigenvalue weighted by atomic mass is 35.5. The summed E-state index contributed by atoms with van der Waals surface area (Å²) in [6, 6.07) is 0.516. The molecule has 1 aromatic heterocycles. The number of likely N-dealkylation sites (N-methyl/N-ethyl adjacent to an activating group) is 1. The summed E-state index contributed by atoms with van der Waals surface area (Å²) in [5.74, 6) is 0. The minimum Gasteiger partial charge on any atom is -0.314 e. The Morgan fingerprint density at radius 3 is 2.45 bits per heavy atom. The molecule has 1 rings (SSSR count). The van der Waals surface area contributed by atoms with Gasteiger partial charge in [-0.15, -0.1) is 0 Å². The summed E-state index contributed by atoms with van der Waals surface area (Å²) in [5, 5.41) is 8.78. The first kappa shape index (κ1) is 17.5. The van der Waals surface area contributed by atoms with Crippen molar-refractivity contribution in [2.75, 3.05) is 6.54 Å². The Balaban J connectivity index is 2.49. The van der Waals surface area contributed by atoms with Crippen LogP contribution in [0, 0.1) is 6.92 Å². The molecule has 3 nitrogen and oxygen atoms in total. The van der Waals surface area contributed by atoms with Gasteiger partial charge in [-0.1, -0.05) is 57.6 Å². The molecule has 0 spiro atoms. The van der Waals surface area contributed by atoms with Crippen LogP contribution in [0.25, 0.3) is 0 Å². The van der Waals surface area contributed by atoms with E-state index in [9.17, 15) is 0 Å². The van der Waals surface area contributed by atoms with Crippen LogP contribution >= 0.6 is 11.6 Å². The summed E-state index contributed by atoms with van der Waals surface area (Å²) in [6.45, 7) is 7.48. The predicted molar refractivity (Wildman–Crippen MR) is 87.5 cm³/mol. The zero-order valence-electron chi connectivity index (χ0n) is 13.5. The molecule has 0 aromatic carbocycles. The molecule has 1 unspecified atom stereocenters. The number of halogens is 1. The van der Waals surface area contributed by atoms with Crippen molar-refractivity contribution in [2.24, 2.45) is 7.05 Å². The minimum atomic E-state index is 0.516. The Labute approximate surface area is 129 Å². The van der Waals surface area contributed by atoms with E-state index in [1.807, 2.05) is 14.0 Å². The van der Waals surface area contributed by atoms with Gasteiger partial charge in [-0.25, -0.2) is 0 Å². The quantitative estimate of drug-likeness (QED) is 0.654. The maximum atomic E-state index is 6.33. The maximum Gasteiger partial charge on any atom is 0.130 e. The van der Waals surface area contributed by atoms with Crippen LogP contribution in [0.2, 0.25) is 5.15 Å². The van der Waals surface area contributed by atoms with Crippen LogP contribution in [0.5, 0.6) is 0 Å². The molecule has 0 aliphatic carbocycles. The smallest absolute Gasteiger partial charge is 0.130 e. The van der Waals surface area contributed by atoms with Crippen molar-refractivity contribution in [2.45, 2.75) is 71.8 Å². The van der Waals surface area contributed by atoms with E-state index in [2.05, 4.69) is 24.3 Å². The van der Waals surface area contributed by atoms with Crippen LogP contribution in [-0.4, -0.2) is 22.4 Å². The Hall–Kier alpha value is -0.540. The molecule has 20 heavy (non-hydrogen) atoms. The molecule has 0 fully saturated rings. The largest absolute Gasteiger partial charge is 0.314 e. The van der Waals surface area contributed by atoms with E-state index in [1.165, 1.54) is 44.1 Å². The van der Waals surface area contributed by atoms with Crippen molar-refractivity contribution in [1.82, 2.24) is 15.1 Å². The number of unbranched alkanes of at least 4 members (excludes halogenated alkanes) is 4. The Morgan fingerprint density at radius 1 is 1.20 bits per heavy atom. The molecule has 0 bridgehead atoms. The van der Waals surface area contributed by atoms with Crippen molar-refractivity contribution in [3.05, 3.63) is 16.4 Å². The van der Waals surface area contributed by atoms with Gasteiger partial charge in [-0.2, -0.15) is 5.10 Å². The fourth-order valence-corrected chi connectivity index (χ4v) is 2.96. The van der Waals surface area contributed by atoms with E-state index < -0.39 is 0 Å². The summed E-state index contributed by atoms with van der Waals surface area (Å²) < 4.78 is 1.77. The number of hydrogen-bond donors (Lipinski definition) is 1. The SMILES string of the molecule is CCCCCCCC(Cc1c(C)nn(C)c1Cl)NCC. The van der Waals surface area contributed by atoms with Crippen molar-refractivity contribution in [1.29, 1.82) is 0 Å². The molecule has 0 amide bonds. The number of nitrogens with one attached hydrogen (secondary N) is 1. The topological polar surface area (TPSA) is 29.9 Å². The number of aryl methyl sites for hydroxylation is 2. The lowest BCUT2D eigenvalue weighted by Crippen LogP contribution is -2.31. The molecule has 0 saturated carbocycles. The Kier molecular flexibility index (Phi) is 8.24. The van der Waals surface area contributed by atoms with E-state index in [4.69, 9.17) is 11.6 Å². The molecule has 0 radical (unpaired) electrons. The van der Waals surface area contributed by atoms with Gasteiger partial charge in [-0.3, -0.25) is 4.68 Å². The normalized spacial score (nSPS) is 12.8. The lowest BCUT2D eigenvalue weighted by molar-refractivity contribution is 0.460. The van der Waals surface area contributed by atoms with E-state index in [1.54, 1.807) is 4.68 Å². The van der Waals surface area contributed by atoms with Gasteiger partial charge in [0.1, 0.15) is 5.15 Å². The molecule has 4 heteroatoms. The van der Waals surface area contributed by atoms with Crippen molar-refractivity contribution in [3.8, 4) is 0 Å². The second-order valence-electron chi connectivity index (χ2n) is 5.64. The van der Waals surface area contributed by atoms with Gasteiger partial charge in [0, 0.05) is 18.7 Å². The second-order valence-corrected chi connectivity index (χ2v) is 6.00. The van der Waals surface area contributed by atoms with E-state index >= 15 is 0 Å². The highest BCUT2D eigenvalue weighted by molar-refractivity contribution is 6.30. The summed E-state index contributed by atoms with van der Waals surface area (Å²) in [5.41, 5.74) is 2.26. The summed E-state index contributed by atoms with van der Waals surface area (Å²) in [7, 11) is 1.91. The fourth-order valence-electron chi connectivity index (χ4n) is 2.71. The van der Waals surface area contributed by atoms with Crippen LogP contribution in [0.1, 0.15) is 63.6 Å². The van der Waals surface area contributed by atoms with Gasteiger partial charge in [0.15, 0.2) is 0 Å². The predicted octanol–water partition coefficient (Wildman–Crippen LogP) is 4.26. The third-order valence-electron chi connectivity index (χ3n) is 3.87. The van der Waals surface area contributed by atoms with Crippen LogP contribution < -0.4 is 5.32 Å². The first-order valence-electron chi connectivity index (χ1n) is 8.01. The molecule has 0 saturated heterocycles. The maximum absolute atomic E-state index is 6.33. The molecule has 1 atom stereocenters. The highest BCUT2D eigenvalue weighted by Gasteiger charge is 2.16. The van der Waals surface area contributed by atoms with Crippen molar-refractivity contribution < 1.29 is 0 Å². The Morgan fingerprint density at radius 2 is 1.90 bits per heavy atom. The number of hydrogen-bond acceptors (Lipinski definition) is 2. The third kappa shape index (κ3) is 5.45. The van der Waals surface area contributed by atoms with Gasteiger partial charge >= 0.3 is 0 Å². The van der Waals surface area contributed by atoms with Crippen LogP contribution in [0.3, 0.4) is 0 Å². The Bertz CT molecular complexity index is 387. The monoisotopic (exact) mass is 299 g/mol. The van der Waals surface area contributed by atoms with Crippen molar-refractivity contribution in [3.63, 3.8) is 0 Å². The van der Waals surface area contributed by atoms with Crippen molar-refractivity contribution >= 4 is 11.6 Å². The van der Waals surface area contributed by atoms with Crippen LogP contribution in [0.15, 0.2) is 0 Å². The average molecular weight is 300 g/mol. The lowest BCUT2D eigenvalue weighted by atomic mass is 10.00. The minimum absolute atomic E-state index is 0.516. The van der Waals surface area contributed by atoms with Gasteiger partial charge in [0.25, 0.3) is 0 Å². The molecular formula is C16H30ClN3. The van der Waals surface area contributed by atoms with Crippen LogP contribution in [-0.2, 0) is 13.5 Å². The van der Waals surface area contributed by atoms with Crippen LogP contribution in [0.4, 0.5) is 0 Å². The number of nitrogens with zero attached hydrogens (tertiary/aromatic N) is 2. The lowest BCUT2D eigenvalue weighted by Gasteiger charge is -2.18. The molecule has 116 valence electrons. The molecule has 0 aliphatic rings. The standard InChI is InChI=1S/C16H30ClN3/c1-5-7-8-9-10-11-14(18-6-2)12-15-13(3)19-20(4)16(15)17/h14,18H,5-12H2,1-4H3. The average Bonchev–Trinajstić information content (AvgIpc) is 2.65. The molecule has 1 N–H and O–H groups in total. The van der Waals surface area contributed by atoms with E-state index in [0.717, 1.165) is 23.8 Å². The van der Waals surface area contributed by atoms with Gasteiger partial charge in [0.2, 0.25) is 0 Å². The highest BCUT2D eigenvalue weighted by Crippen LogP contribution is 2.21. The first-order chi connectivity index (χ1) is 9.60. The van der Waals surface area contributed by atoms with Gasteiger partial charge in [0.05, 0.1) is 5.69 Å². The first-order valence-corrected chi connectivity index (χ1v) is 8.39. The van der Waals surface area contributed by atoms with Gasteiger partial charge < -0.3 is 5.32 Å². The number of rotatable bonds is 10. The molecular weight excluding hydrogens is 270 g/mol. The molecule has 1 aromatic rings. The fraction of sp³-hybridized carbons (Fsp3) is 0.812. The summed E-state index contributed by atoms with van der Waals surface area (Å²) >= 11 is 6.33. The summed E-state index contributed by atoms with van der Waals surface area (Å²) in [6.07, 6.45) is 8.88. The summed E-state index contributed by atoms with van der Waals surface area (Å²) in [4.78, 5) is 0. The van der Waals surface area contributed by atoms with E-state index in [0.29, 0.717) is 6.04 Å². The second kappa shape index (κ2) is 9.41. The van der Waals surface area contributed by atoms with E-state index in [-0.39, 0.29) is 0 Å². The zero-order chi connectivity index (χ0) is 15.0. The third-order valence-corrected chi connectivity index (χ3v) is 4.34. The van der Waals surface area contributed by atoms with Gasteiger partial charge in [-0.05, 0) is 26.3 Å². The number of aromatic nitrogens is 2.